The van der Waals surface area contributed by atoms with Crippen molar-refractivity contribution in [2.24, 2.45) is 40.2 Å². The third kappa shape index (κ3) is 27.3. The fraction of sp³-hybridized carbons (Fsp3) is 0.500. The number of aliphatic imine (C=N–C) groups is 1. The van der Waals surface area contributed by atoms with Crippen LogP contribution in [0.15, 0.2) is 78.6 Å². The fourth-order valence-corrected chi connectivity index (χ4v) is 14.1. The number of amides is 9. The van der Waals surface area contributed by atoms with Crippen LogP contribution in [-0.2, 0) is 92.3 Å². The summed E-state index contributed by atoms with van der Waals surface area (Å²) >= 11 is 7.96. The molecule has 9 amide bonds. The highest BCUT2D eigenvalue weighted by Crippen LogP contribution is 2.40. The highest BCUT2D eigenvalue weighted by Gasteiger charge is 2.34. The third-order valence-corrected chi connectivity index (χ3v) is 20.5. The largest absolute Gasteiger partial charge is 0.378 e. The van der Waals surface area contributed by atoms with Gasteiger partial charge in [-0.2, -0.15) is 0 Å². The number of likely N-dealkylation sites (tertiary alicyclic amines) is 1. The van der Waals surface area contributed by atoms with Crippen molar-refractivity contribution in [3.05, 3.63) is 141 Å². The van der Waals surface area contributed by atoms with E-state index in [1.165, 1.54) is 60.1 Å². The Balaban J connectivity index is 0.463. The summed E-state index contributed by atoms with van der Waals surface area (Å²) in [5, 5.41) is 35.3. The second kappa shape index (κ2) is 45.9. The van der Waals surface area contributed by atoms with Crippen molar-refractivity contribution in [3.8, 4) is 5.00 Å². The van der Waals surface area contributed by atoms with Gasteiger partial charge >= 0.3 is 0 Å². The van der Waals surface area contributed by atoms with Crippen LogP contribution in [0.4, 0.5) is 23.0 Å². The lowest BCUT2D eigenvalue weighted by molar-refractivity contribution is -0.123. The first-order chi connectivity index (χ1) is 57.5. The summed E-state index contributed by atoms with van der Waals surface area (Å²) in [5.74, 6) is -2.28. The zero-order valence-corrected chi connectivity index (χ0v) is 69.7. The Hall–Kier alpha value is -10.9. The van der Waals surface area contributed by atoms with Gasteiger partial charge in [-0.05, 0) is 63.4 Å². The average molecular weight is 1690 g/mol. The van der Waals surface area contributed by atoms with Gasteiger partial charge in [0.15, 0.2) is 23.3 Å². The summed E-state index contributed by atoms with van der Waals surface area (Å²) < 4.78 is 54.4. The number of thiophene rings is 1. The number of hydrogen-bond acceptors (Lipinski definition) is 25. The molecule has 0 aliphatic carbocycles. The lowest BCUT2D eigenvalue weighted by atomic mass is 9.99. The molecule has 0 bridgehead atoms. The number of ether oxygens (including phenoxy) is 8. The zero-order chi connectivity index (χ0) is 84.7. The molecule has 7 aromatic heterocycles. The Kier molecular flexibility index (Phi) is 34.8. The number of nitrogens with one attached hydrogen (secondary N) is 9. The fourth-order valence-electron chi connectivity index (χ4n) is 12.8. The molecular weight excluding hydrogens is 1580 g/mol. The molecule has 0 saturated carbocycles. The molecule has 39 nitrogen and oxygen atoms in total. The van der Waals surface area contributed by atoms with Gasteiger partial charge in [0.1, 0.15) is 28.3 Å². The maximum absolute atomic E-state index is 13.7. The summed E-state index contributed by atoms with van der Waals surface area (Å²) in [5.41, 5.74) is 4.99. The number of fused-ring (bicyclic) bond motifs is 3. The Morgan fingerprint density at radius 1 is 0.496 bits per heavy atom. The monoisotopic (exact) mass is 1690 g/mol. The van der Waals surface area contributed by atoms with E-state index in [1.807, 2.05) is 31.2 Å². The van der Waals surface area contributed by atoms with Crippen LogP contribution in [0.1, 0.15) is 131 Å². The molecule has 2 aliphatic rings. The Morgan fingerprint density at radius 3 is 1.47 bits per heavy atom. The highest BCUT2D eigenvalue weighted by atomic mass is 35.5. The third-order valence-electron chi connectivity index (χ3n) is 19.0. The number of imidazole rings is 3. The quantitative estimate of drug-likeness (QED) is 0.0245. The van der Waals surface area contributed by atoms with Crippen molar-refractivity contribution in [2.45, 2.75) is 71.4 Å². The molecule has 0 unspecified atom stereocenters. The van der Waals surface area contributed by atoms with Crippen LogP contribution in [0, 0.1) is 20.8 Å². The summed E-state index contributed by atoms with van der Waals surface area (Å²) in [6.07, 6.45) is 10.7. The molecule has 2 aliphatic heterocycles. The van der Waals surface area contributed by atoms with Gasteiger partial charge in [0.2, 0.25) is 35.3 Å². The van der Waals surface area contributed by atoms with Crippen molar-refractivity contribution in [1.82, 2.24) is 84.0 Å². The number of halogens is 1. The van der Waals surface area contributed by atoms with Gasteiger partial charge in [-0.3, -0.25) is 52.7 Å². The molecule has 0 spiro atoms. The van der Waals surface area contributed by atoms with Gasteiger partial charge < -0.3 is 113 Å². The molecule has 1 atom stereocenters. The molecule has 1 aromatic carbocycles. The number of carbonyl (C=O) groups is 9. The second-order valence-corrected chi connectivity index (χ2v) is 29.6. The van der Waals surface area contributed by atoms with Gasteiger partial charge in [-0.15, -0.1) is 21.5 Å². The second-order valence-electron chi connectivity index (χ2n) is 28.0. The Bertz CT molecular complexity index is 4780. The predicted octanol–water partition coefficient (Wildman–Crippen LogP) is 3.74. The SMILES string of the molecule is Cc1sc2c(c1C)C(c1ccc(Cl)cc1)=N[C@@H](CC(=O)NC1CCN(CCOCCOCCOCCOCCOCCOCCOCCOCCNC(=O)CCNC(=O)c3nc(NC(=O)CCNC(=O)c4cc(NC(=O)c5nc(NC(=O)CCNC(=O)c6cc(NC(=O)c7nccn7C)cn6C)cn5C)cn4C)cn3C)CC1)c1nnc(C)n1-2. The molecule has 9 N–H and O–H groups in total. The minimum Gasteiger partial charge on any atom is -0.378 e. The molecule has 10 rings (SSSR count). The van der Waals surface area contributed by atoms with Crippen molar-refractivity contribution in [3.63, 3.8) is 0 Å². The predicted molar refractivity (Wildman–Crippen MR) is 440 cm³/mol. The summed E-state index contributed by atoms with van der Waals surface area (Å²) in [7, 11) is 8.05. The molecule has 1 saturated heterocycles. The lowest BCUT2D eigenvalue weighted by Gasteiger charge is -2.32. The molecular formula is C78H105ClN22O17S. The van der Waals surface area contributed by atoms with Crippen LogP contribution < -0.4 is 47.9 Å². The van der Waals surface area contributed by atoms with Gasteiger partial charge in [0, 0.05) is 165 Å². The molecule has 642 valence electrons. The van der Waals surface area contributed by atoms with Crippen LogP contribution in [-0.4, -0.2) is 274 Å². The normalized spacial score (nSPS) is 13.4. The summed E-state index contributed by atoms with van der Waals surface area (Å²) in [6, 6.07) is 10.2. The zero-order valence-electron chi connectivity index (χ0n) is 68.1. The summed E-state index contributed by atoms with van der Waals surface area (Å²) in [4.78, 5) is 138. The van der Waals surface area contributed by atoms with E-state index in [2.05, 4.69) is 96.3 Å². The Labute approximate surface area is 696 Å². The first kappa shape index (κ1) is 90.4. The number of carbonyl (C=O) groups excluding carboxylic acids is 9. The first-order valence-electron chi connectivity index (χ1n) is 39.2. The van der Waals surface area contributed by atoms with E-state index in [4.69, 9.17) is 54.5 Å². The van der Waals surface area contributed by atoms with Gasteiger partial charge in [-0.1, -0.05) is 23.7 Å². The van der Waals surface area contributed by atoms with E-state index in [0.29, 0.717) is 116 Å². The van der Waals surface area contributed by atoms with Crippen LogP contribution in [0.5, 0.6) is 0 Å². The van der Waals surface area contributed by atoms with Gasteiger partial charge in [0.25, 0.3) is 29.5 Å². The minimum atomic E-state index is -0.639. The van der Waals surface area contributed by atoms with Crippen LogP contribution in [0.3, 0.4) is 0 Å². The van der Waals surface area contributed by atoms with E-state index < -0.39 is 47.4 Å². The first-order valence-corrected chi connectivity index (χ1v) is 40.4. The number of hydrogen-bond donors (Lipinski definition) is 9. The molecule has 1 fully saturated rings. The number of piperidine rings is 1. The number of aromatic nitrogens is 11. The molecule has 0 radical (unpaired) electrons. The topological polar surface area (TPSA) is 445 Å². The molecule has 41 heteroatoms. The van der Waals surface area contributed by atoms with E-state index in [9.17, 15) is 43.2 Å². The van der Waals surface area contributed by atoms with E-state index in [0.717, 1.165) is 65.7 Å². The van der Waals surface area contributed by atoms with Gasteiger partial charge in [0.05, 0.1) is 129 Å². The maximum atomic E-state index is 13.7. The number of benzene rings is 1. The number of aryl methyl sites for hydroxylation is 7. The van der Waals surface area contributed by atoms with Crippen molar-refractivity contribution < 1.29 is 81.0 Å². The van der Waals surface area contributed by atoms with Crippen molar-refractivity contribution in [1.29, 1.82) is 0 Å². The van der Waals surface area contributed by atoms with E-state index in [1.54, 1.807) is 63.5 Å². The van der Waals surface area contributed by atoms with Crippen molar-refractivity contribution >= 4 is 105 Å². The maximum Gasteiger partial charge on any atom is 0.291 e. The van der Waals surface area contributed by atoms with Crippen LogP contribution >= 0.6 is 22.9 Å². The van der Waals surface area contributed by atoms with Crippen LogP contribution in [0.2, 0.25) is 5.02 Å². The average Bonchev–Trinajstić information content (AvgIpc) is 1.59. The van der Waals surface area contributed by atoms with Crippen LogP contribution in [0.25, 0.3) is 5.00 Å². The van der Waals surface area contributed by atoms with E-state index in [-0.39, 0.29) is 123 Å². The highest BCUT2D eigenvalue weighted by molar-refractivity contribution is 7.15. The van der Waals surface area contributed by atoms with Gasteiger partial charge in [-0.25, -0.2) is 15.0 Å². The Morgan fingerprint density at radius 2 is 0.966 bits per heavy atom. The number of rotatable bonds is 49. The van der Waals surface area contributed by atoms with Crippen molar-refractivity contribution in [2.75, 3.05) is 173 Å². The number of anilines is 4. The molecule has 9 heterocycles. The smallest absolute Gasteiger partial charge is 0.291 e. The minimum absolute atomic E-state index is 0.00326. The molecule has 119 heavy (non-hydrogen) atoms. The number of nitrogens with zero attached hydrogens (tertiary/aromatic N) is 13. The van der Waals surface area contributed by atoms with E-state index >= 15 is 0 Å². The standard InChI is InChI=1S/C78H105ClN22O17S/c1-50-51(2)119-78-67(50)68(53-9-11-54(79)12-10-53)88-58(69-94-93-52(3)101(69)78)45-66(105)85-55-16-23-100(24-17-55)26-28-112-30-32-114-34-36-116-38-40-118-42-41-117-39-37-115-35-33-113-31-29-111-27-22-80-63(102)13-18-84-75(108)71-91-61(48-98(71)7)89-64(103)14-19-83-74(107)60-44-57(47-97(60)6)87-77(110)72-92-62(49-99(72)8)90-65(104)15-20-82-73(106)59-43-56(46-96(59)5)86-76(109)70-81-21-25-95(70)4/h9-12,21,25,43-44,46-49,55,58H,13-20,22-24,26-42,45H2,1-8H3,(H,80,102)(H,82,106)(H,83,107)(H,84,108)(H,85,105)(H,86,109)(H,87,110)(H,89,103)(H,90,104)/t58-/m0/s1. The molecule has 8 aromatic rings. The lowest BCUT2D eigenvalue weighted by Crippen LogP contribution is -2.45. The summed E-state index contributed by atoms with van der Waals surface area (Å²) in [6.45, 7) is 15.5.